The summed E-state index contributed by atoms with van der Waals surface area (Å²) in [7, 11) is 0. The van der Waals surface area contributed by atoms with Crippen molar-refractivity contribution in [3.63, 3.8) is 0 Å². The highest BCUT2D eigenvalue weighted by molar-refractivity contribution is 5.77. The topological polar surface area (TPSA) is 45.8 Å². The molecular weight excluding hydrogens is 360 g/mol. The van der Waals surface area contributed by atoms with E-state index in [0.29, 0.717) is 35.9 Å². The molecule has 2 saturated carbocycles. The number of halogens is 4. The zero-order valence-corrected chi connectivity index (χ0v) is 14.9. The van der Waals surface area contributed by atoms with Gasteiger partial charge in [-0.3, -0.25) is 9.78 Å². The van der Waals surface area contributed by atoms with Gasteiger partial charge in [0.15, 0.2) is 5.43 Å². The Morgan fingerprint density at radius 3 is 2.48 bits per heavy atom. The number of fused-ring (bicyclic) bond motifs is 1. The number of aromatic nitrogens is 2. The van der Waals surface area contributed by atoms with Crippen molar-refractivity contribution in [1.29, 1.82) is 0 Å². The van der Waals surface area contributed by atoms with Gasteiger partial charge in [0.2, 0.25) is 11.8 Å². The third-order valence-corrected chi connectivity index (χ3v) is 6.30. The van der Waals surface area contributed by atoms with Gasteiger partial charge in [0.25, 0.3) is 0 Å². The van der Waals surface area contributed by atoms with E-state index < -0.39 is 17.8 Å². The molecule has 2 aliphatic carbocycles. The van der Waals surface area contributed by atoms with Crippen molar-refractivity contribution in [2.75, 3.05) is 0 Å². The van der Waals surface area contributed by atoms with Gasteiger partial charge in [0, 0.05) is 55.8 Å². The van der Waals surface area contributed by atoms with Gasteiger partial charge < -0.3 is 4.98 Å². The lowest BCUT2D eigenvalue weighted by atomic mass is 9.65. The van der Waals surface area contributed by atoms with Gasteiger partial charge in [-0.1, -0.05) is 0 Å². The Kier molecular flexibility index (Phi) is 4.51. The number of hydrogen-bond acceptors (Lipinski definition) is 2. The molecule has 7 heteroatoms. The number of hydrogen-bond donors (Lipinski definition) is 1. The first-order chi connectivity index (χ1) is 12.7. The van der Waals surface area contributed by atoms with Gasteiger partial charge in [0.1, 0.15) is 0 Å². The Hall–Kier alpha value is -1.92. The predicted molar refractivity (Wildman–Crippen MR) is 94.3 cm³/mol. The molecule has 0 radical (unpaired) electrons. The molecule has 0 aromatic carbocycles. The van der Waals surface area contributed by atoms with Crippen molar-refractivity contribution in [2.45, 2.75) is 62.7 Å². The van der Waals surface area contributed by atoms with Crippen LogP contribution in [0.3, 0.4) is 0 Å². The van der Waals surface area contributed by atoms with Crippen LogP contribution in [0.25, 0.3) is 10.9 Å². The van der Waals surface area contributed by atoms with E-state index in [9.17, 15) is 22.4 Å². The Morgan fingerprint density at radius 2 is 1.74 bits per heavy atom. The Morgan fingerprint density at radius 1 is 1.04 bits per heavy atom. The molecule has 3 nitrogen and oxygen atoms in total. The molecule has 2 atom stereocenters. The molecular formula is C20H22F4N2O. The molecule has 2 fully saturated rings. The van der Waals surface area contributed by atoms with Crippen LogP contribution in [-0.2, 0) is 0 Å². The lowest BCUT2D eigenvalue weighted by Crippen LogP contribution is -2.38. The molecule has 0 spiro atoms. The smallest absolute Gasteiger partial charge is 0.248 e. The van der Waals surface area contributed by atoms with E-state index in [1.807, 2.05) is 0 Å². The van der Waals surface area contributed by atoms with Crippen LogP contribution in [0.15, 0.2) is 29.3 Å². The maximum absolute atomic E-state index is 14.2. The van der Waals surface area contributed by atoms with E-state index in [1.54, 1.807) is 6.07 Å². The maximum atomic E-state index is 14.2. The van der Waals surface area contributed by atoms with Crippen LogP contribution in [-0.4, -0.2) is 21.8 Å². The fraction of sp³-hybridized carbons (Fsp3) is 0.600. The summed E-state index contributed by atoms with van der Waals surface area (Å²) in [5.74, 6) is -6.10. The first-order valence-electron chi connectivity index (χ1n) is 9.47. The first kappa shape index (κ1) is 18.4. The summed E-state index contributed by atoms with van der Waals surface area (Å²) >= 11 is 0. The molecule has 2 aromatic heterocycles. The molecule has 0 amide bonds. The number of alkyl halides is 4. The third kappa shape index (κ3) is 3.73. The fourth-order valence-electron chi connectivity index (χ4n) is 4.86. The SMILES string of the molecule is O=c1cc(C2CC(F)(F)CCC2C2CCC(F)(F)CC2)[nH]c2ccncc12. The molecule has 2 unspecified atom stereocenters. The molecule has 2 aromatic rings. The van der Waals surface area contributed by atoms with Crippen molar-refractivity contribution in [2.24, 2.45) is 11.8 Å². The molecule has 27 heavy (non-hydrogen) atoms. The van der Waals surface area contributed by atoms with Gasteiger partial charge in [-0.2, -0.15) is 0 Å². The molecule has 146 valence electrons. The number of nitrogens with zero attached hydrogens (tertiary/aromatic N) is 1. The van der Waals surface area contributed by atoms with Crippen molar-refractivity contribution < 1.29 is 17.6 Å². The summed E-state index contributed by atoms with van der Waals surface area (Å²) in [6.07, 6.45) is 3.05. The van der Waals surface area contributed by atoms with Crippen LogP contribution in [0, 0.1) is 11.8 Å². The van der Waals surface area contributed by atoms with Crippen molar-refractivity contribution in [1.82, 2.24) is 9.97 Å². The highest BCUT2D eigenvalue weighted by Gasteiger charge is 2.47. The first-order valence-corrected chi connectivity index (χ1v) is 9.47. The quantitative estimate of drug-likeness (QED) is 0.720. The van der Waals surface area contributed by atoms with E-state index in [4.69, 9.17) is 0 Å². The van der Waals surface area contributed by atoms with E-state index >= 15 is 0 Å². The van der Waals surface area contributed by atoms with Crippen molar-refractivity contribution in [3.8, 4) is 0 Å². The second-order valence-electron chi connectivity index (χ2n) is 8.07. The minimum atomic E-state index is -2.80. The molecule has 1 N–H and O–H groups in total. The average molecular weight is 382 g/mol. The summed E-state index contributed by atoms with van der Waals surface area (Å²) in [6.45, 7) is 0. The zero-order chi connectivity index (χ0) is 19.2. The van der Waals surface area contributed by atoms with Crippen LogP contribution < -0.4 is 5.43 Å². The van der Waals surface area contributed by atoms with Gasteiger partial charge in [-0.25, -0.2) is 17.6 Å². The Balaban J connectivity index is 1.69. The van der Waals surface area contributed by atoms with Crippen molar-refractivity contribution in [3.05, 3.63) is 40.4 Å². The summed E-state index contributed by atoms with van der Waals surface area (Å²) in [5, 5.41) is 0.415. The highest BCUT2D eigenvalue weighted by Crippen LogP contribution is 2.51. The molecule has 0 bridgehead atoms. The van der Waals surface area contributed by atoms with E-state index in [0.717, 1.165) is 0 Å². The van der Waals surface area contributed by atoms with Crippen molar-refractivity contribution >= 4 is 10.9 Å². The van der Waals surface area contributed by atoms with Gasteiger partial charge in [-0.05, 0) is 37.2 Å². The molecule has 4 rings (SSSR count). The Bertz CT molecular complexity index is 885. The zero-order valence-electron chi connectivity index (χ0n) is 14.9. The minimum Gasteiger partial charge on any atom is -0.358 e. The second kappa shape index (κ2) is 6.60. The van der Waals surface area contributed by atoms with Crippen LogP contribution >= 0.6 is 0 Å². The summed E-state index contributed by atoms with van der Waals surface area (Å²) in [5.41, 5.74) is 0.797. The van der Waals surface area contributed by atoms with Crippen LogP contribution in [0.5, 0.6) is 0 Å². The summed E-state index contributed by atoms with van der Waals surface area (Å²) < 4.78 is 55.5. The standard InChI is InChI=1S/C20H22F4N2O/c21-19(22)5-1-12(2-6-19)13-3-7-20(23,24)10-14(13)17-9-18(27)15-11-25-8-4-16(15)26-17/h4,8-9,11-14H,1-3,5-7,10H2,(H,26,27). The van der Waals surface area contributed by atoms with E-state index in [-0.39, 0.29) is 42.9 Å². The number of pyridine rings is 2. The number of nitrogens with one attached hydrogen (secondary N) is 1. The van der Waals surface area contributed by atoms with Gasteiger partial charge >= 0.3 is 0 Å². The lowest BCUT2D eigenvalue weighted by molar-refractivity contribution is -0.0840. The van der Waals surface area contributed by atoms with Gasteiger partial charge in [-0.15, -0.1) is 0 Å². The largest absolute Gasteiger partial charge is 0.358 e. The normalized spacial score (nSPS) is 28.3. The molecule has 0 saturated heterocycles. The van der Waals surface area contributed by atoms with E-state index in [1.165, 1.54) is 18.5 Å². The fourth-order valence-corrected chi connectivity index (χ4v) is 4.86. The predicted octanol–water partition coefficient (Wildman–Crippen LogP) is 5.27. The molecule has 0 aliphatic heterocycles. The monoisotopic (exact) mass is 382 g/mol. The van der Waals surface area contributed by atoms with E-state index in [2.05, 4.69) is 9.97 Å². The van der Waals surface area contributed by atoms with Crippen LogP contribution in [0.4, 0.5) is 17.6 Å². The van der Waals surface area contributed by atoms with Crippen LogP contribution in [0.2, 0.25) is 0 Å². The second-order valence-corrected chi connectivity index (χ2v) is 8.07. The maximum Gasteiger partial charge on any atom is 0.248 e. The Labute approximate surface area is 154 Å². The van der Waals surface area contributed by atoms with Crippen LogP contribution in [0.1, 0.15) is 56.6 Å². The minimum absolute atomic E-state index is 0.0117. The third-order valence-electron chi connectivity index (χ3n) is 6.30. The molecule has 2 heterocycles. The number of rotatable bonds is 2. The summed E-state index contributed by atoms with van der Waals surface area (Å²) in [4.78, 5) is 19.5. The highest BCUT2D eigenvalue weighted by atomic mass is 19.3. The van der Waals surface area contributed by atoms with Gasteiger partial charge in [0.05, 0.1) is 10.9 Å². The average Bonchev–Trinajstić information content (AvgIpc) is 2.61. The number of aromatic amines is 1. The summed E-state index contributed by atoms with van der Waals surface area (Å²) in [6, 6.07) is 3.04. The number of H-pyrrole nitrogens is 1. The lowest BCUT2D eigenvalue weighted by Gasteiger charge is -2.42. The molecule has 2 aliphatic rings.